The third kappa shape index (κ3) is 6.09. The van der Waals surface area contributed by atoms with E-state index in [1.54, 1.807) is 49.4 Å². The smallest absolute Gasteiger partial charge is 0.247 e. The Morgan fingerprint density at radius 3 is 2.31 bits per heavy atom. The molecule has 166 valence electrons. The van der Waals surface area contributed by atoms with E-state index in [9.17, 15) is 14.0 Å². The number of carbonyl (C=O) groups excluding carboxylic acids is 2. The van der Waals surface area contributed by atoms with Crippen LogP contribution in [-0.4, -0.2) is 16.7 Å². The fourth-order valence-corrected chi connectivity index (χ4v) is 3.84. The van der Waals surface area contributed by atoms with Gasteiger partial charge in [-0.2, -0.15) is 0 Å². The second-order valence-corrected chi connectivity index (χ2v) is 8.11. The first-order chi connectivity index (χ1) is 15.4. The van der Waals surface area contributed by atoms with Crippen LogP contribution in [0.5, 0.6) is 0 Å². The molecule has 2 amide bonds. The maximum absolute atomic E-state index is 13.4. The van der Waals surface area contributed by atoms with Crippen molar-refractivity contribution in [3.8, 4) is 0 Å². The quantitative estimate of drug-likeness (QED) is 0.441. The van der Waals surface area contributed by atoms with Crippen molar-refractivity contribution < 1.29 is 14.0 Å². The molecule has 3 aromatic carbocycles. The van der Waals surface area contributed by atoms with Crippen LogP contribution in [0.25, 0.3) is 0 Å². The zero-order valence-corrected chi connectivity index (χ0v) is 19.0. The Morgan fingerprint density at radius 1 is 1.00 bits per heavy atom. The molecule has 0 saturated carbocycles. The summed E-state index contributed by atoms with van der Waals surface area (Å²) in [6.45, 7) is 2.10. The number of hydrogen-bond donors (Lipinski definition) is 1. The van der Waals surface area contributed by atoms with Crippen LogP contribution in [-0.2, 0) is 22.7 Å². The van der Waals surface area contributed by atoms with Crippen LogP contribution in [0.15, 0.2) is 72.8 Å². The highest BCUT2D eigenvalue weighted by Gasteiger charge is 2.30. The van der Waals surface area contributed by atoms with Gasteiger partial charge in [-0.05, 0) is 41.0 Å². The molecule has 32 heavy (non-hydrogen) atoms. The zero-order valence-electron chi connectivity index (χ0n) is 17.5. The summed E-state index contributed by atoms with van der Waals surface area (Å²) in [7, 11) is 0. The summed E-state index contributed by atoms with van der Waals surface area (Å²) in [5.41, 5.74) is 2.11. The summed E-state index contributed by atoms with van der Waals surface area (Å²) in [6.07, 6.45) is 0.223. The van der Waals surface area contributed by atoms with E-state index in [0.717, 1.165) is 5.56 Å². The first kappa shape index (κ1) is 23.8. The van der Waals surface area contributed by atoms with Crippen molar-refractivity contribution in [1.82, 2.24) is 10.2 Å². The van der Waals surface area contributed by atoms with Gasteiger partial charge in [0.15, 0.2) is 0 Å². The van der Waals surface area contributed by atoms with Crippen molar-refractivity contribution in [2.24, 2.45) is 0 Å². The summed E-state index contributed by atoms with van der Waals surface area (Å²) in [5, 5.41) is 3.84. The van der Waals surface area contributed by atoms with Crippen LogP contribution in [0, 0.1) is 5.82 Å². The number of nitrogens with one attached hydrogen (secondary N) is 1. The van der Waals surface area contributed by atoms with Crippen LogP contribution in [0.3, 0.4) is 0 Å². The molecule has 0 spiro atoms. The predicted molar refractivity (Wildman–Crippen MR) is 125 cm³/mol. The van der Waals surface area contributed by atoms with Gasteiger partial charge in [-0.3, -0.25) is 9.59 Å². The molecule has 0 unspecified atom stereocenters. The van der Waals surface area contributed by atoms with Crippen LogP contribution in [0.1, 0.15) is 36.1 Å². The molecule has 0 aliphatic heterocycles. The molecule has 1 atom stereocenters. The Morgan fingerprint density at radius 2 is 1.69 bits per heavy atom. The lowest BCUT2D eigenvalue weighted by Gasteiger charge is -2.31. The Hall–Kier alpha value is -2.89. The predicted octanol–water partition coefficient (Wildman–Crippen LogP) is 5.93. The lowest BCUT2D eigenvalue weighted by Crippen LogP contribution is -2.43. The molecule has 0 saturated heterocycles. The Kier molecular flexibility index (Phi) is 8.26. The summed E-state index contributed by atoms with van der Waals surface area (Å²) in [5.74, 6) is -0.895. The molecule has 1 N–H and O–H groups in total. The largest absolute Gasteiger partial charge is 0.350 e. The van der Waals surface area contributed by atoms with Gasteiger partial charge < -0.3 is 10.2 Å². The van der Waals surface area contributed by atoms with Crippen molar-refractivity contribution in [2.45, 2.75) is 32.5 Å². The number of carbonyl (C=O) groups is 2. The molecular weight excluding hydrogens is 450 g/mol. The van der Waals surface area contributed by atoms with Crippen molar-refractivity contribution in [3.63, 3.8) is 0 Å². The van der Waals surface area contributed by atoms with E-state index in [2.05, 4.69) is 5.32 Å². The van der Waals surface area contributed by atoms with Gasteiger partial charge >= 0.3 is 0 Å². The highest BCUT2D eigenvalue weighted by atomic mass is 35.5. The summed E-state index contributed by atoms with van der Waals surface area (Å²) < 4.78 is 13.4. The lowest BCUT2D eigenvalue weighted by atomic mass is 10.0. The van der Waals surface area contributed by atoms with E-state index in [4.69, 9.17) is 23.2 Å². The van der Waals surface area contributed by atoms with Gasteiger partial charge in [-0.15, -0.1) is 0 Å². The zero-order chi connectivity index (χ0) is 23.1. The average Bonchev–Trinajstić information content (AvgIpc) is 2.79. The third-order valence-electron chi connectivity index (χ3n) is 5.03. The minimum absolute atomic E-state index is 0.168. The van der Waals surface area contributed by atoms with E-state index in [1.807, 2.05) is 18.2 Å². The topological polar surface area (TPSA) is 49.4 Å². The SMILES string of the molecule is CCC(=O)N(Cc1ccc(F)cc1)[C@H](C(=O)NCc1ccc(Cl)cc1Cl)c1ccccc1. The molecule has 0 aliphatic rings. The third-order valence-corrected chi connectivity index (χ3v) is 5.62. The van der Waals surface area contributed by atoms with Gasteiger partial charge in [0.05, 0.1) is 0 Å². The monoisotopic (exact) mass is 472 g/mol. The number of halogens is 3. The van der Waals surface area contributed by atoms with Gasteiger partial charge in [-0.25, -0.2) is 4.39 Å². The molecule has 0 radical (unpaired) electrons. The Balaban J connectivity index is 1.90. The minimum Gasteiger partial charge on any atom is -0.350 e. The standard InChI is InChI=1S/C25H23Cl2FN2O2/c1-2-23(31)30(16-17-8-12-21(28)13-9-17)24(18-6-4-3-5-7-18)25(32)29-15-19-10-11-20(26)14-22(19)27/h3-14,24H,2,15-16H2,1H3,(H,29,32)/t24-/m0/s1. The van der Waals surface area contributed by atoms with Gasteiger partial charge in [-0.1, -0.05) is 78.7 Å². The summed E-state index contributed by atoms with van der Waals surface area (Å²) in [4.78, 5) is 27.8. The molecule has 0 heterocycles. The van der Waals surface area contributed by atoms with Gasteiger partial charge in [0.2, 0.25) is 11.8 Å². The second kappa shape index (κ2) is 11.1. The van der Waals surface area contributed by atoms with Gasteiger partial charge in [0.1, 0.15) is 11.9 Å². The van der Waals surface area contributed by atoms with Crippen LogP contribution >= 0.6 is 23.2 Å². The maximum Gasteiger partial charge on any atom is 0.247 e. The molecule has 4 nitrogen and oxygen atoms in total. The number of hydrogen-bond acceptors (Lipinski definition) is 2. The first-order valence-corrected chi connectivity index (χ1v) is 10.9. The maximum atomic E-state index is 13.4. The van der Waals surface area contributed by atoms with Crippen LogP contribution < -0.4 is 5.32 Å². The average molecular weight is 473 g/mol. The molecule has 0 fully saturated rings. The molecule has 3 aromatic rings. The number of rotatable bonds is 8. The summed E-state index contributed by atoms with van der Waals surface area (Å²) >= 11 is 12.2. The normalized spacial score (nSPS) is 11.6. The van der Waals surface area contributed by atoms with Crippen molar-refractivity contribution in [2.75, 3.05) is 0 Å². The van der Waals surface area contributed by atoms with Gasteiger partial charge in [0, 0.05) is 29.6 Å². The van der Waals surface area contributed by atoms with Crippen molar-refractivity contribution >= 4 is 35.0 Å². The number of nitrogens with zero attached hydrogens (tertiary/aromatic N) is 1. The van der Waals surface area contributed by atoms with Gasteiger partial charge in [0.25, 0.3) is 0 Å². The molecule has 0 aliphatic carbocycles. The summed E-state index contributed by atoms with van der Waals surface area (Å²) in [6, 6.07) is 19.2. The highest BCUT2D eigenvalue weighted by molar-refractivity contribution is 6.35. The van der Waals surface area contributed by atoms with E-state index in [0.29, 0.717) is 21.2 Å². The number of benzene rings is 3. The molecular formula is C25H23Cl2FN2O2. The van der Waals surface area contributed by atoms with E-state index >= 15 is 0 Å². The molecule has 0 bridgehead atoms. The van der Waals surface area contributed by atoms with Crippen LogP contribution in [0.2, 0.25) is 10.0 Å². The molecule has 0 aromatic heterocycles. The van der Waals surface area contributed by atoms with Crippen molar-refractivity contribution in [3.05, 3.63) is 105 Å². The van der Waals surface area contributed by atoms with Crippen molar-refractivity contribution in [1.29, 1.82) is 0 Å². The molecule has 3 rings (SSSR count). The number of amides is 2. The fraction of sp³-hybridized carbons (Fsp3) is 0.200. The lowest BCUT2D eigenvalue weighted by molar-refractivity contribution is -0.141. The minimum atomic E-state index is -0.861. The fourth-order valence-electron chi connectivity index (χ4n) is 3.37. The van der Waals surface area contributed by atoms with E-state index < -0.39 is 6.04 Å². The molecule has 7 heteroatoms. The Bertz CT molecular complexity index is 1080. The highest BCUT2D eigenvalue weighted by Crippen LogP contribution is 2.26. The first-order valence-electron chi connectivity index (χ1n) is 10.2. The second-order valence-electron chi connectivity index (χ2n) is 7.27. The Labute approximate surface area is 197 Å². The van der Waals surface area contributed by atoms with E-state index in [1.165, 1.54) is 17.0 Å². The van der Waals surface area contributed by atoms with E-state index in [-0.39, 0.29) is 37.1 Å². The van der Waals surface area contributed by atoms with Crippen LogP contribution in [0.4, 0.5) is 4.39 Å².